The molecule has 1 N–H and O–H groups in total. The van der Waals surface area contributed by atoms with E-state index in [1.807, 2.05) is 42.9 Å². The van der Waals surface area contributed by atoms with Crippen LogP contribution in [0.2, 0.25) is 0 Å². The van der Waals surface area contributed by atoms with Gasteiger partial charge in [0, 0.05) is 56.9 Å². The number of rotatable bonds is 4. The van der Waals surface area contributed by atoms with Crippen molar-refractivity contribution in [3.8, 4) is 0 Å². The molecule has 0 aliphatic carbocycles. The van der Waals surface area contributed by atoms with Crippen LogP contribution in [0.1, 0.15) is 24.5 Å². The van der Waals surface area contributed by atoms with Crippen molar-refractivity contribution >= 4 is 17.7 Å². The molecule has 0 bridgehead atoms. The Morgan fingerprint density at radius 2 is 2.24 bits per heavy atom. The number of guanidine groups is 1. The minimum absolute atomic E-state index is 0.0404. The van der Waals surface area contributed by atoms with Crippen molar-refractivity contribution in [2.45, 2.75) is 23.7 Å². The number of thioether (sulfide) groups is 1. The second-order valence-corrected chi connectivity index (χ2v) is 7.93. The van der Waals surface area contributed by atoms with Crippen LogP contribution >= 0.6 is 11.8 Å². The van der Waals surface area contributed by atoms with Gasteiger partial charge in [-0.05, 0) is 19.1 Å². The molecule has 0 saturated carbocycles. The van der Waals surface area contributed by atoms with Crippen LogP contribution in [0, 0.1) is 0 Å². The topological polar surface area (TPSA) is 63.9 Å². The Morgan fingerprint density at radius 3 is 2.88 bits per heavy atom. The minimum Gasteiger partial charge on any atom is -0.381 e. The summed E-state index contributed by atoms with van der Waals surface area (Å²) in [4.78, 5) is 6.80. The van der Waals surface area contributed by atoms with E-state index in [0.717, 1.165) is 57.2 Å². The minimum atomic E-state index is 0.0404. The molecule has 0 radical (unpaired) electrons. The first-order chi connectivity index (χ1) is 12.2. The van der Waals surface area contributed by atoms with Gasteiger partial charge in [0.05, 0.1) is 19.3 Å². The molecular formula is C17H29N5O2S. The molecule has 3 heterocycles. The van der Waals surface area contributed by atoms with Gasteiger partial charge in [-0.15, -0.1) is 0 Å². The maximum atomic E-state index is 5.94. The molecule has 2 aliphatic rings. The van der Waals surface area contributed by atoms with E-state index < -0.39 is 0 Å². The third-order valence-corrected chi connectivity index (χ3v) is 6.50. The first-order valence-corrected chi connectivity index (χ1v) is 10.1. The highest BCUT2D eigenvalue weighted by Gasteiger charge is 2.33. The first kappa shape index (κ1) is 18.5. The molecule has 1 atom stereocenters. The molecule has 2 aliphatic heterocycles. The predicted molar refractivity (Wildman–Crippen MR) is 101 cm³/mol. The van der Waals surface area contributed by atoms with Crippen LogP contribution in [0.5, 0.6) is 0 Å². The Bertz CT molecular complexity index is 585. The molecule has 0 spiro atoms. The van der Waals surface area contributed by atoms with Crippen molar-refractivity contribution in [2.24, 2.45) is 12.0 Å². The zero-order valence-electron chi connectivity index (χ0n) is 15.4. The predicted octanol–water partition coefficient (Wildman–Crippen LogP) is 1.28. The van der Waals surface area contributed by atoms with Gasteiger partial charge in [0.1, 0.15) is 6.10 Å². The van der Waals surface area contributed by atoms with E-state index in [0.29, 0.717) is 6.61 Å². The number of hydrogen-bond acceptors (Lipinski definition) is 5. The lowest BCUT2D eigenvalue weighted by Crippen LogP contribution is -2.52. The molecule has 0 aromatic carbocycles. The van der Waals surface area contributed by atoms with E-state index in [9.17, 15) is 0 Å². The SMILES string of the molecule is CN=C(NCC1(SC)CCOCC1)N1CCOC(c2cnn(C)c2)C1. The number of aromatic nitrogens is 2. The molecule has 140 valence electrons. The number of aryl methyl sites for hydroxylation is 1. The monoisotopic (exact) mass is 367 g/mol. The summed E-state index contributed by atoms with van der Waals surface area (Å²) in [5.74, 6) is 0.956. The lowest BCUT2D eigenvalue weighted by Gasteiger charge is -2.39. The van der Waals surface area contributed by atoms with Gasteiger partial charge >= 0.3 is 0 Å². The largest absolute Gasteiger partial charge is 0.381 e. The lowest BCUT2D eigenvalue weighted by atomic mass is 9.99. The maximum Gasteiger partial charge on any atom is 0.193 e. The van der Waals surface area contributed by atoms with Crippen LogP contribution in [0.15, 0.2) is 17.4 Å². The van der Waals surface area contributed by atoms with Gasteiger partial charge in [-0.25, -0.2) is 0 Å². The highest BCUT2D eigenvalue weighted by Crippen LogP contribution is 2.33. The van der Waals surface area contributed by atoms with E-state index in [1.54, 1.807) is 0 Å². The molecule has 3 rings (SSSR count). The van der Waals surface area contributed by atoms with Gasteiger partial charge in [0.2, 0.25) is 0 Å². The van der Waals surface area contributed by atoms with Crippen LogP contribution in [0.25, 0.3) is 0 Å². The molecule has 7 nitrogen and oxygen atoms in total. The zero-order valence-corrected chi connectivity index (χ0v) is 16.2. The second-order valence-electron chi connectivity index (χ2n) is 6.65. The summed E-state index contributed by atoms with van der Waals surface area (Å²) < 4.78 is 13.5. The van der Waals surface area contributed by atoms with E-state index in [4.69, 9.17) is 9.47 Å². The van der Waals surface area contributed by atoms with Gasteiger partial charge < -0.3 is 19.7 Å². The van der Waals surface area contributed by atoms with Crippen molar-refractivity contribution in [3.63, 3.8) is 0 Å². The van der Waals surface area contributed by atoms with Crippen molar-refractivity contribution < 1.29 is 9.47 Å². The first-order valence-electron chi connectivity index (χ1n) is 8.84. The summed E-state index contributed by atoms with van der Waals surface area (Å²) in [6.45, 7) is 4.96. The van der Waals surface area contributed by atoms with Gasteiger partial charge in [0.15, 0.2) is 5.96 Å². The molecular weight excluding hydrogens is 338 g/mol. The summed E-state index contributed by atoms with van der Waals surface area (Å²) in [7, 11) is 3.78. The van der Waals surface area contributed by atoms with Crippen LogP contribution in [-0.2, 0) is 16.5 Å². The quantitative estimate of drug-likeness (QED) is 0.639. The third kappa shape index (κ3) is 4.48. The number of nitrogens with zero attached hydrogens (tertiary/aromatic N) is 4. The molecule has 2 saturated heterocycles. The Balaban J connectivity index is 1.60. The number of aliphatic imine (C=N–C) groups is 1. The Labute approximate surface area is 154 Å². The van der Waals surface area contributed by atoms with E-state index in [2.05, 4.69) is 26.6 Å². The van der Waals surface area contributed by atoms with Crippen molar-refractivity contribution in [3.05, 3.63) is 18.0 Å². The Kier molecular flexibility index (Phi) is 6.24. The maximum absolute atomic E-state index is 5.94. The smallest absolute Gasteiger partial charge is 0.193 e. The van der Waals surface area contributed by atoms with Crippen LogP contribution < -0.4 is 5.32 Å². The van der Waals surface area contributed by atoms with Crippen LogP contribution in [0.4, 0.5) is 0 Å². The molecule has 0 amide bonds. The van der Waals surface area contributed by atoms with Gasteiger partial charge in [-0.1, -0.05) is 0 Å². The fraction of sp³-hybridized carbons (Fsp3) is 0.765. The molecule has 8 heteroatoms. The Morgan fingerprint density at radius 1 is 1.44 bits per heavy atom. The average Bonchev–Trinajstić information content (AvgIpc) is 3.10. The number of morpholine rings is 1. The number of ether oxygens (including phenoxy) is 2. The third-order valence-electron chi connectivity index (χ3n) is 5.08. The standard InChI is InChI=1S/C17H29N5O2S/c1-18-16(19-13-17(25-3)4-7-23-8-5-17)22-6-9-24-15(12-22)14-10-20-21(2)11-14/h10-11,15H,4-9,12-13H2,1-3H3,(H,18,19). The number of nitrogens with one attached hydrogen (secondary N) is 1. The molecule has 1 aromatic rings. The van der Waals surface area contributed by atoms with Gasteiger partial charge in [-0.3, -0.25) is 9.67 Å². The summed E-state index contributed by atoms with van der Waals surface area (Å²) in [6, 6.07) is 0. The lowest BCUT2D eigenvalue weighted by molar-refractivity contribution is -0.00815. The summed E-state index contributed by atoms with van der Waals surface area (Å²) in [5, 5.41) is 7.86. The van der Waals surface area contributed by atoms with Crippen LogP contribution in [0.3, 0.4) is 0 Å². The molecule has 25 heavy (non-hydrogen) atoms. The normalized spacial score (nSPS) is 24.4. The van der Waals surface area contributed by atoms with Crippen molar-refractivity contribution in [1.82, 2.24) is 20.0 Å². The van der Waals surface area contributed by atoms with Crippen molar-refractivity contribution in [2.75, 3.05) is 52.8 Å². The van der Waals surface area contributed by atoms with Crippen molar-refractivity contribution in [1.29, 1.82) is 0 Å². The summed E-state index contributed by atoms with van der Waals surface area (Å²) in [6.07, 6.45) is 8.31. The number of hydrogen-bond donors (Lipinski definition) is 1. The fourth-order valence-corrected chi connectivity index (χ4v) is 4.21. The highest BCUT2D eigenvalue weighted by molar-refractivity contribution is 8.00. The highest BCUT2D eigenvalue weighted by atomic mass is 32.2. The molecule has 1 aromatic heterocycles. The van der Waals surface area contributed by atoms with Crippen LogP contribution in [-0.4, -0.2) is 78.1 Å². The Hall–Kier alpha value is -1.25. The summed E-state index contributed by atoms with van der Waals surface area (Å²) in [5.41, 5.74) is 1.12. The fourth-order valence-electron chi connectivity index (χ4n) is 3.42. The second kappa shape index (κ2) is 8.42. The molecule has 2 fully saturated rings. The van der Waals surface area contributed by atoms with Gasteiger partial charge in [0.25, 0.3) is 0 Å². The molecule has 1 unspecified atom stereocenters. The van der Waals surface area contributed by atoms with E-state index in [-0.39, 0.29) is 10.9 Å². The summed E-state index contributed by atoms with van der Waals surface area (Å²) >= 11 is 1.94. The van der Waals surface area contributed by atoms with Gasteiger partial charge in [-0.2, -0.15) is 16.9 Å². The van der Waals surface area contributed by atoms with E-state index in [1.165, 1.54) is 0 Å². The van der Waals surface area contributed by atoms with E-state index >= 15 is 0 Å². The average molecular weight is 368 g/mol. The zero-order chi connectivity index (χ0) is 17.7.